The highest BCUT2D eigenvalue weighted by Gasteiger charge is 2.32. The first kappa shape index (κ1) is 14.3. The molecule has 1 aromatic heterocycles. The van der Waals surface area contributed by atoms with E-state index in [1.54, 1.807) is 12.1 Å². The Kier molecular flexibility index (Phi) is 4.09. The second kappa shape index (κ2) is 5.45. The van der Waals surface area contributed by atoms with Crippen molar-refractivity contribution in [3.8, 4) is 0 Å². The van der Waals surface area contributed by atoms with E-state index < -0.39 is 21.8 Å². The van der Waals surface area contributed by atoms with Crippen molar-refractivity contribution < 1.29 is 22.2 Å². The molecule has 102 valence electrons. The SMILES string of the molecule is O=C1/C(=C/c2ccco2)SC(=S)N1CCS(=O)(=O)[O-]. The molecule has 0 spiro atoms. The summed E-state index contributed by atoms with van der Waals surface area (Å²) >= 11 is 6.02. The number of hydrogen-bond acceptors (Lipinski definition) is 7. The lowest BCUT2D eigenvalue weighted by Crippen LogP contribution is -2.32. The highest BCUT2D eigenvalue weighted by molar-refractivity contribution is 8.26. The molecule has 1 fully saturated rings. The lowest BCUT2D eigenvalue weighted by Gasteiger charge is -2.15. The van der Waals surface area contributed by atoms with Gasteiger partial charge in [-0.1, -0.05) is 24.0 Å². The molecule has 2 rings (SSSR count). The molecule has 1 aliphatic rings. The van der Waals surface area contributed by atoms with Gasteiger partial charge in [0.15, 0.2) is 0 Å². The van der Waals surface area contributed by atoms with E-state index in [4.69, 9.17) is 16.6 Å². The highest BCUT2D eigenvalue weighted by atomic mass is 32.2. The van der Waals surface area contributed by atoms with Gasteiger partial charge in [-0.15, -0.1) is 0 Å². The molecule has 1 aromatic rings. The maximum absolute atomic E-state index is 12.0. The van der Waals surface area contributed by atoms with Gasteiger partial charge >= 0.3 is 0 Å². The first-order valence-electron chi connectivity index (χ1n) is 5.09. The molecule has 1 saturated heterocycles. The Bertz CT molecular complexity index is 632. The largest absolute Gasteiger partial charge is 0.748 e. The minimum atomic E-state index is -4.38. The fraction of sp³-hybridized carbons (Fsp3) is 0.200. The number of amides is 1. The summed E-state index contributed by atoms with van der Waals surface area (Å²) in [5, 5.41) is 0. The summed E-state index contributed by atoms with van der Waals surface area (Å²) in [5.41, 5.74) is 0. The van der Waals surface area contributed by atoms with E-state index in [1.165, 1.54) is 12.3 Å². The van der Waals surface area contributed by atoms with Gasteiger partial charge in [0.1, 0.15) is 10.1 Å². The average Bonchev–Trinajstić information content (AvgIpc) is 2.87. The van der Waals surface area contributed by atoms with Gasteiger partial charge in [0.2, 0.25) is 0 Å². The summed E-state index contributed by atoms with van der Waals surface area (Å²) in [5.74, 6) is -0.583. The summed E-state index contributed by atoms with van der Waals surface area (Å²) in [7, 11) is -4.38. The quantitative estimate of drug-likeness (QED) is 0.465. The molecule has 1 aliphatic heterocycles. The molecule has 2 heterocycles. The number of furan rings is 1. The molecule has 0 saturated carbocycles. The molecule has 0 radical (unpaired) electrons. The number of thioether (sulfide) groups is 1. The minimum Gasteiger partial charge on any atom is -0.748 e. The second-order valence-corrected chi connectivity index (χ2v) is 6.81. The molecular formula is C10H8NO5S3-. The molecule has 0 bridgehead atoms. The molecule has 0 unspecified atom stereocenters. The second-order valence-electron chi connectivity index (χ2n) is 3.61. The normalized spacial score (nSPS) is 18.6. The summed E-state index contributed by atoms with van der Waals surface area (Å²) in [6, 6.07) is 3.35. The van der Waals surface area contributed by atoms with Crippen LogP contribution in [0.1, 0.15) is 5.76 Å². The van der Waals surface area contributed by atoms with Crippen LogP contribution in [0.15, 0.2) is 27.7 Å². The van der Waals surface area contributed by atoms with Crippen molar-refractivity contribution in [3.05, 3.63) is 29.1 Å². The Labute approximate surface area is 119 Å². The molecule has 1 amide bonds. The third-order valence-electron chi connectivity index (χ3n) is 2.26. The van der Waals surface area contributed by atoms with Gasteiger partial charge in [0.25, 0.3) is 5.91 Å². The van der Waals surface area contributed by atoms with Crippen LogP contribution < -0.4 is 0 Å². The molecule has 0 N–H and O–H groups in total. The number of nitrogens with zero attached hydrogens (tertiary/aromatic N) is 1. The van der Waals surface area contributed by atoms with Crippen molar-refractivity contribution in [3.63, 3.8) is 0 Å². The first-order valence-corrected chi connectivity index (χ1v) is 7.89. The van der Waals surface area contributed by atoms with Crippen LogP contribution in [0.3, 0.4) is 0 Å². The Hall–Kier alpha value is -1.16. The zero-order chi connectivity index (χ0) is 14.0. The van der Waals surface area contributed by atoms with Crippen molar-refractivity contribution in [2.75, 3.05) is 12.3 Å². The monoisotopic (exact) mass is 318 g/mol. The van der Waals surface area contributed by atoms with Gasteiger partial charge < -0.3 is 8.97 Å². The summed E-state index contributed by atoms with van der Waals surface area (Å²) in [6.07, 6.45) is 2.99. The van der Waals surface area contributed by atoms with Gasteiger partial charge in [0, 0.05) is 12.6 Å². The van der Waals surface area contributed by atoms with Crippen molar-refractivity contribution in [1.29, 1.82) is 0 Å². The third kappa shape index (κ3) is 3.66. The van der Waals surface area contributed by atoms with E-state index in [9.17, 15) is 17.8 Å². The average molecular weight is 318 g/mol. The third-order valence-corrected chi connectivity index (χ3v) is 4.32. The fourth-order valence-corrected chi connectivity index (χ4v) is 3.09. The van der Waals surface area contributed by atoms with E-state index in [1.807, 2.05) is 0 Å². The van der Waals surface area contributed by atoms with Gasteiger partial charge in [-0.25, -0.2) is 8.42 Å². The highest BCUT2D eigenvalue weighted by Crippen LogP contribution is 2.32. The van der Waals surface area contributed by atoms with Gasteiger partial charge in [-0.05, 0) is 12.1 Å². The Morgan fingerprint density at radius 2 is 2.26 bits per heavy atom. The number of carbonyl (C=O) groups is 1. The van der Waals surface area contributed by atoms with Crippen LogP contribution in [0.25, 0.3) is 6.08 Å². The van der Waals surface area contributed by atoms with E-state index in [0.717, 1.165) is 16.7 Å². The predicted octanol–water partition coefficient (Wildman–Crippen LogP) is 1.03. The van der Waals surface area contributed by atoms with Crippen LogP contribution in [0.5, 0.6) is 0 Å². The van der Waals surface area contributed by atoms with Crippen LogP contribution in [0.2, 0.25) is 0 Å². The fourth-order valence-electron chi connectivity index (χ4n) is 1.40. The number of rotatable bonds is 4. The van der Waals surface area contributed by atoms with Crippen LogP contribution in [0.4, 0.5) is 0 Å². The van der Waals surface area contributed by atoms with Crippen LogP contribution in [-0.4, -0.2) is 40.4 Å². The van der Waals surface area contributed by atoms with E-state index in [-0.39, 0.29) is 10.9 Å². The van der Waals surface area contributed by atoms with E-state index in [2.05, 4.69) is 0 Å². The standard InChI is InChI=1S/C10H9NO5S3/c12-9-8(6-7-2-1-4-16-7)18-10(17)11(9)3-5-19(13,14)15/h1-2,4,6H,3,5H2,(H,13,14,15)/p-1/b8-6-. The lowest BCUT2D eigenvalue weighted by molar-refractivity contribution is -0.121. The maximum atomic E-state index is 12.0. The number of thiocarbonyl (C=S) groups is 1. The van der Waals surface area contributed by atoms with E-state index >= 15 is 0 Å². The van der Waals surface area contributed by atoms with E-state index in [0.29, 0.717) is 10.7 Å². The molecular weight excluding hydrogens is 310 g/mol. The summed E-state index contributed by atoms with van der Waals surface area (Å²) in [6.45, 7) is -0.230. The molecule has 0 atom stereocenters. The summed E-state index contributed by atoms with van der Waals surface area (Å²) < 4.78 is 37.0. The topological polar surface area (TPSA) is 90.7 Å². The van der Waals surface area contributed by atoms with Crippen LogP contribution in [-0.2, 0) is 14.9 Å². The molecule has 9 heteroatoms. The van der Waals surface area contributed by atoms with Crippen molar-refractivity contribution in [2.45, 2.75) is 0 Å². The molecule has 19 heavy (non-hydrogen) atoms. The van der Waals surface area contributed by atoms with Crippen LogP contribution in [0, 0.1) is 0 Å². The number of carbonyl (C=O) groups excluding carboxylic acids is 1. The Morgan fingerprint density at radius 3 is 2.84 bits per heavy atom. The van der Waals surface area contributed by atoms with Crippen molar-refractivity contribution in [1.82, 2.24) is 4.90 Å². The summed E-state index contributed by atoms with van der Waals surface area (Å²) in [4.78, 5) is 13.4. The lowest BCUT2D eigenvalue weighted by atomic mass is 10.3. The van der Waals surface area contributed by atoms with Crippen molar-refractivity contribution in [2.24, 2.45) is 0 Å². The number of hydrogen-bond donors (Lipinski definition) is 0. The molecule has 6 nitrogen and oxygen atoms in total. The zero-order valence-corrected chi connectivity index (χ0v) is 11.9. The van der Waals surface area contributed by atoms with Gasteiger partial charge in [-0.3, -0.25) is 9.69 Å². The molecule has 0 aromatic carbocycles. The predicted molar refractivity (Wildman–Crippen MR) is 73.2 cm³/mol. The maximum Gasteiger partial charge on any atom is 0.266 e. The van der Waals surface area contributed by atoms with Crippen LogP contribution >= 0.6 is 24.0 Å². The smallest absolute Gasteiger partial charge is 0.266 e. The Balaban J connectivity index is 2.13. The minimum absolute atomic E-state index is 0.228. The zero-order valence-electron chi connectivity index (χ0n) is 9.44. The van der Waals surface area contributed by atoms with Gasteiger partial charge in [-0.2, -0.15) is 0 Å². The first-order chi connectivity index (χ1) is 8.87. The Morgan fingerprint density at radius 1 is 1.53 bits per heavy atom. The van der Waals surface area contributed by atoms with Gasteiger partial charge in [0.05, 0.1) is 27.0 Å². The van der Waals surface area contributed by atoms with Crippen molar-refractivity contribution >= 4 is 50.4 Å². The molecule has 0 aliphatic carbocycles.